The zero-order chi connectivity index (χ0) is 14.3. The van der Waals surface area contributed by atoms with Gasteiger partial charge in [-0.15, -0.1) is 0 Å². The third-order valence-corrected chi connectivity index (χ3v) is 2.57. The summed E-state index contributed by atoms with van der Waals surface area (Å²) < 4.78 is 4.78. The predicted octanol–water partition coefficient (Wildman–Crippen LogP) is 1.44. The van der Waals surface area contributed by atoms with E-state index in [1.165, 1.54) is 0 Å². The Morgan fingerprint density at radius 2 is 1.84 bits per heavy atom. The number of rotatable bonds is 6. The zero-order valence-electron chi connectivity index (χ0n) is 11.6. The van der Waals surface area contributed by atoms with Crippen LogP contribution in [0.15, 0.2) is 24.3 Å². The highest BCUT2D eigenvalue weighted by Crippen LogP contribution is 2.11. The first kappa shape index (κ1) is 15.0. The largest absolute Gasteiger partial charge is 0.466 e. The van der Waals surface area contributed by atoms with Crippen LogP contribution in [0, 0.1) is 0 Å². The van der Waals surface area contributed by atoms with Crippen molar-refractivity contribution >= 4 is 17.6 Å². The summed E-state index contributed by atoms with van der Waals surface area (Å²) in [5, 5.41) is 2.68. The van der Waals surface area contributed by atoms with Crippen LogP contribution in [0.4, 0.5) is 5.69 Å². The minimum absolute atomic E-state index is 0.186. The molecule has 1 amide bonds. The Balaban J connectivity index is 2.43. The molecule has 19 heavy (non-hydrogen) atoms. The number of ether oxygens (including phenoxy) is 1. The quantitative estimate of drug-likeness (QED) is 0.790. The summed E-state index contributed by atoms with van der Waals surface area (Å²) in [6.45, 7) is 2.40. The molecule has 0 fully saturated rings. The second kappa shape index (κ2) is 7.41. The molecule has 5 nitrogen and oxygen atoms in total. The Bertz CT molecular complexity index is 427. The molecule has 0 atom stereocenters. The molecule has 1 aromatic rings. The van der Waals surface area contributed by atoms with Gasteiger partial charge in [-0.05, 0) is 31.2 Å². The van der Waals surface area contributed by atoms with Gasteiger partial charge < -0.3 is 15.0 Å². The van der Waals surface area contributed by atoms with Crippen molar-refractivity contribution in [3.8, 4) is 0 Å². The van der Waals surface area contributed by atoms with Gasteiger partial charge in [0.1, 0.15) is 0 Å². The first-order valence-electron chi connectivity index (χ1n) is 6.25. The number of nitrogens with zero attached hydrogens (tertiary/aromatic N) is 1. The molecular weight excluding hydrogens is 244 g/mol. The van der Waals surface area contributed by atoms with Gasteiger partial charge in [-0.3, -0.25) is 9.59 Å². The number of hydrogen-bond acceptors (Lipinski definition) is 4. The van der Waals surface area contributed by atoms with Gasteiger partial charge in [0, 0.05) is 31.9 Å². The number of amides is 1. The van der Waals surface area contributed by atoms with Crippen molar-refractivity contribution in [3.05, 3.63) is 29.8 Å². The van der Waals surface area contributed by atoms with Gasteiger partial charge in [-0.25, -0.2) is 0 Å². The molecule has 104 valence electrons. The predicted molar refractivity (Wildman–Crippen MR) is 74.4 cm³/mol. The van der Waals surface area contributed by atoms with Crippen LogP contribution in [0.5, 0.6) is 0 Å². The molecule has 0 saturated carbocycles. The molecule has 1 aromatic carbocycles. The van der Waals surface area contributed by atoms with E-state index in [-0.39, 0.29) is 24.8 Å². The molecule has 1 N–H and O–H groups in total. The van der Waals surface area contributed by atoms with Crippen molar-refractivity contribution in [1.29, 1.82) is 0 Å². The fourth-order valence-electron chi connectivity index (χ4n) is 1.52. The molecule has 0 bridgehead atoms. The summed E-state index contributed by atoms with van der Waals surface area (Å²) in [6.07, 6.45) is 0.190. The smallest absolute Gasteiger partial charge is 0.307 e. The van der Waals surface area contributed by atoms with Gasteiger partial charge in [0.25, 0.3) is 5.91 Å². The summed E-state index contributed by atoms with van der Waals surface area (Å²) in [5.41, 5.74) is 1.61. The monoisotopic (exact) mass is 264 g/mol. The molecule has 0 aliphatic carbocycles. The number of anilines is 1. The van der Waals surface area contributed by atoms with Gasteiger partial charge in [-0.2, -0.15) is 0 Å². The molecular formula is C14H20N2O3. The fraction of sp³-hybridized carbons (Fsp3) is 0.429. The maximum Gasteiger partial charge on any atom is 0.307 e. The van der Waals surface area contributed by atoms with Crippen molar-refractivity contribution in [2.45, 2.75) is 13.3 Å². The molecule has 0 unspecified atom stereocenters. The maximum absolute atomic E-state index is 11.8. The Morgan fingerprint density at radius 3 is 2.37 bits per heavy atom. The van der Waals surface area contributed by atoms with Crippen LogP contribution in [0.3, 0.4) is 0 Å². The van der Waals surface area contributed by atoms with Gasteiger partial charge in [-0.1, -0.05) is 0 Å². The van der Waals surface area contributed by atoms with E-state index in [9.17, 15) is 9.59 Å². The van der Waals surface area contributed by atoms with Gasteiger partial charge in [0.15, 0.2) is 0 Å². The molecule has 0 saturated heterocycles. The Labute approximate surface area is 113 Å². The Kier molecular flexibility index (Phi) is 5.85. The van der Waals surface area contributed by atoms with Crippen molar-refractivity contribution < 1.29 is 14.3 Å². The number of carbonyl (C=O) groups excluding carboxylic acids is 2. The van der Waals surface area contributed by atoms with Crippen LogP contribution in [0.2, 0.25) is 0 Å². The van der Waals surface area contributed by atoms with E-state index in [2.05, 4.69) is 5.32 Å². The summed E-state index contributed by atoms with van der Waals surface area (Å²) in [4.78, 5) is 24.9. The Morgan fingerprint density at radius 1 is 1.21 bits per heavy atom. The van der Waals surface area contributed by atoms with E-state index < -0.39 is 0 Å². The number of benzene rings is 1. The highest BCUT2D eigenvalue weighted by Gasteiger charge is 2.07. The lowest BCUT2D eigenvalue weighted by atomic mass is 10.2. The van der Waals surface area contributed by atoms with E-state index in [0.29, 0.717) is 12.2 Å². The maximum atomic E-state index is 11.8. The first-order valence-corrected chi connectivity index (χ1v) is 6.25. The lowest BCUT2D eigenvalue weighted by Gasteiger charge is -2.12. The summed E-state index contributed by atoms with van der Waals surface area (Å²) in [7, 11) is 3.88. The highest BCUT2D eigenvalue weighted by atomic mass is 16.5. The molecule has 0 radical (unpaired) electrons. The number of esters is 1. The van der Waals surface area contributed by atoms with Crippen LogP contribution in [0.1, 0.15) is 23.7 Å². The average Bonchev–Trinajstić information content (AvgIpc) is 2.39. The lowest BCUT2D eigenvalue weighted by Crippen LogP contribution is -2.26. The molecule has 5 heteroatoms. The molecule has 0 aromatic heterocycles. The standard InChI is InChI=1S/C14H20N2O3/c1-4-19-13(17)9-10-15-14(18)11-5-7-12(8-6-11)16(2)3/h5-8H,4,9-10H2,1-3H3,(H,15,18). The lowest BCUT2D eigenvalue weighted by molar-refractivity contribution is -0.142. The van der Waals surface area contributed by atoms with Crippen molar-refractivity contribution in [2.24, 2.45) is 0 Å². The van der Waals surface area contributed by atoms with Crippen molar-refractivity contribution in [1.82, 2.24) is 5.32 Å². The SMILES string of the molecule is CCOC(=O)CCNC(=O)c1ccc(N(C)C)cc1. The third kappa shape index (κ3) is 4.99. The summed E-state index contributed by atoms with van der Waals surface area (Å²) in [5.74, 6) is -0.486. The van der Waals surface area contributed by atoms with Crippen LogP contribution in [0.25, 0.3) is 0 Å². The molecule has 0 aliphatic rings. The van der Waals surface area contributed by atoms with Crippen LogP contribution in [-0.4, -0.2) is 39.1 Å². The average molecular weight is 264 g/mol. The van der Waals surface area contributed by atoms with Crippen LogP contribution >= 0.6 is 0 Å². The van der Waals surface area contributed by atoms with Crippen LogP contribution in [-0.2, 0) is 9.53 Å². The van der Waals surface area contributed by atoms with E-state index in [1.807, 2.05) is 31.1 Å². The Hall–Kier alpha value is -2.04. The van der Waals surface area contributed by atoms with Crippen LogP contribution < -0.4 is 10.2 Å². The highest BCUT2D eigenvalue weighted by molar-refractivity contribution is 5.94. The minimum Gasteiger partial charge on any atom is -0.466 e. The number of nitrogens with one attached hydrogen (secondary N) is 1. The van der Waals surface area contributed by atoms with Crippen molar-refractivity contribution in [3.63, 3.8) is 0 Å². The van der Waals surface area contributed by atoms with Crippen molar-refractivity contribution in [2.75, 3.05) is 32.1 Å². The number of carbonyl (C=O) groups is 2. The zero-order valence-corrected chi connectivity index (χ0v) is 11.6. The van der Waals surface area contributed by atoms with E-state index >= 15 is 0 Å². The van der Waals surface area contributed by atoms with Gasteiger partial charge >= 0.3 is 5.97 Å². The molecule has 0 heterocycles. The summed E-state index contributed by atoms with van der Waals surface area (Å²) in [6, 6.07) is 7.27. The fourth-order valence-corrected chi connectivity index (χ4v) is 1.52. The van der Waals surface area contributed by atoms with E-state index in [0.717, 1.165) is 5.69 Å². The molecule has 0 spiro atoms. The van der Waals surface area contributed by atoms with Gasteiger partial charge in [0.05, 0.1) is 13.0 Å². The second-order valence-electron chi connectivity index (χ2n) is 4.25. The van der Waals surface area contributed by atoms with E-state index in [1.54, 1.807) is 19.1 Å². The third-order valence-electron chi connectivity index (χ3n) is 2.57. The second-order valence-corrected chi connectivity index (χ2v) is 4.25. The molecule has 0 aliphatic heterocycles. The van der Waals surface area contributed by atoms with E-state index in [4.69, 9.17) is 4.74 Å². The first-order chi connectivity index (χ1) is 9.04. The topological polar surface area (TPSA) is 58.6 Å². The minimum atomic E-state index is -0.300. The van der Waals surface area contributed by atoms with Gasteiger partial charge in [0.2, 0.25) is 0 Å². The number of hydrogen-bond donors (Lipinski definition) is 1. The summed E-state index contributed by atoms with van der Waals surface area (Å²) >= 11 is 0. The normalized spacial score (nSPS) is 9.84. The molecule has 1 rings (SSSR count).